The number of benzene rings is 1. The maximum atomic E-state index is 12.6. The highest BCUT2D eigenvalue weighted by atomic mass is 16.5. The van der Waals surface area contributed by atoms with E-state index in [1.165, 1.54) is 5.69 Å². The van der Waals surface area contributed by atoms with Crippen molar-refractivity contribution in [1.82, 2.24) is 9.80 Å². The van der Waals surface area contributed by atoms with Gasteiger partial charge in [-0.25, -0.2) is 0 Å². The first kappa shape index (κ1) is 18.0. The molecule has 6 nitrogen and oxygen atoms in total. The van der Waals surface area contributed by atoms with Crippen LogP contribution in [-0.2, 0) is 9.53 Å². The zero-order valence-electron chi connectivity index (χ0n) is 15.5. The molecule has 0 aliphatic carbocycles. The van der Waals surface area contributed by atoms with E-state index in [0.29, 0.717) is 19.6 Å². The number of ether oxygens (including phenoxy) is 2. The van der Waals surface area contributed by atoms with Gasteiger partial charge in [0.1, 0.15) is 5.75 Å². The summed E-state index contributed by atoms with van der Waals surface area (Å²) in [4.78, 5) is 19.2. The fourth-order valence-electron chi connectivity index (χ4n) is 3.63. The van der Waals surface area contributed by atoms with Crippen molar-refractivity contribution in [1.29, 1.82) is 0 Å². The van der Waals surface area contributed by atoms with Gasteiger partial charge in [0.2, 0.25) is 5.91 Å². The molecule has 2 aliphatic rings. The molecule has 1 amide bonds. The van der Waals surface area contributed by atoms with Crippen molar-refractivity contribution in [2.24, 2.45) is 0 Å². The van der Waals surface area contributed by atoms with Crippen LogP contribution >= 0.6 is 0 Å². The quantitative estimate of drug-likeness (QED) is 0.825. The Hall–Kier alpha value is -1.79. The summed E-state index contributed by atoms with van der Waals surface area (Å²) in [6.45, 7) is 9.68. The van der Waals surface area contributed by atoms with Gasteiger partial charge in [-0.05, 0) is 38.1 Å². The minimum absolute atomic E-state index is 0.125. The lowest BCUT2D eigenvalue weighted by atomic mass is 10.2. The fourth-order valence-corrected chi connectivity index (χ4v) is 3.63. The standard InChI is InChI=1S/C19H29N3O3/c1-15-12-22(13-16(2)25-15)19(23)14-20-8-10-21(11-9-20)17-4-6-18(24-3)7-5-17/h4-7,15-16H,8-14H2,1-3H3/t15-,16+. The van der Waals surface area contributed by atoms with Gasteiger partial charge in [-0.15, -0.1) is 0 Å². The van der Waals surface area contributed by atoms with Crippen LogP contribution in [0.25, 0.3) is 0 Å². The topological polar surface area (TPSA) is 45.2 Å². The summed E-state index contributed by atoms with van der Waals surface area (Å²) in [7, 11) is 1.68. The lowest BCUT2D eigenvalue weighted by Gasteiger charge is -2.39. The second-order valence-corrected chi connectivity index (χ2v) is 7.02. The van der Waals surface area contributed by atoms with Crippen LogP contribution in [0.4, 0.5) is 5.69 Å². The first-order valence-electron chi connectivity index (χ1n) is 9.09. The number of anilines is 1. The molecule has 25 heavy (non-hydrogen) atoms. The van der Waals surface area contributed by atoms with E-state index in [1.807, 2.05) is 30.9 Å². The summed E-state index contributed by atoms with van der Waals surface area (Å²) in [5.74, 6) is 1.10. The summed E-state index contributed by atoms with van der Waals surface area (Å²) in [5.41, 5.74) is 1.21. The second kappa shape index (κ2) is 8.06. The molecule has 2 aliphatic heterocycles. The van der Waals surface area contributed by atoms with Gasteiger partial charge in [-0.3, -0.25) is 9.69 Å². The molecule has 0 aromatic heterocycles. The lowest BCUT2D eigenvalue weighted by Crippen LogP contribution is -2.53. The molecular weight excluding hydrogens is 318 g/mol. The molecule has 0 spiro atoms. The molecular formula is C19H29N3O3. The summed E-state index contributed by atoms with van der Waals surface area (Å²) in [6, 6.07) is 8.17. The maximum absolute atomic E-state index is 12.6. The number of rotatable bonds is 4. The molecule has 0 bridgehead atoms. The highest BCUT2D eigenvalue weighted by Crippen LogP contribution is 2.20. The Bertz CT molecular complexity index is 560. The third-order valence-corrected chi connectivity index (χ3v) is 4.94. The van der Waals surface area contributed by atoms with Crippen LogP contribution in [0.1, 0.15) is 13.8 Å². The average Bonchev–Trinajstić information content (AvgIpc) is 2.61. The molecule has 2 fully saturated rings. The summed E-state index contributed by atoms with van der Waals surface area (Å²) >= 11 is 0. The Kier molecular flexibility index (Phi) is 5.81. The number of carbonyl (C=O) groups is 1. The van der Waals surface area contributed by atoms with Crippen LogP contribution in [0.5, 0.6) is 5.75 Å². The molecule has 1 aromatic carbocycles. The molecule has 0 N–H and O–H groups in total. The van der Waals surface area contributed by atoms with E-state index in [-0.39, 0.29) is 18.1 Å². The zero-order chi connectivity index (χ0) is 17.8. The Morgan fingerprint density at radius 2 is 1.68 bits per heavy atom. The van der Waals surface area contributed by atoms with Gasteiger partial charge >= 0.3 is 0 Å². The Morgan fingerprint density at radius 1 is 1.08 bits per heavy atom. The fraction of sp³-hybridized carbons (Fsp3) is 0.632. The van der Waals surface area contributed by atoms with E-state index in [2.05, 4.69) is 21.9 Å². The highest BCUT2D eigenvalue weighted by Gasteiger charge is 2.27. The lowest BCUT2D eigenvalue weighted by molar-refractivity contribution is -0.144. The SMILES string of the molecule is COc1ccc(N2CCN(CC(=O)N3C[C@@H](C)O[C@@H](C)C3)CC2)cc1. The molecule has 3 rings (SSSR count). The Morgan fingerprint density at radius 3 is 2.24 bits per heavy atom. The predicted octanol–water partition coefficient (Wildman–Crippen LogP) is 1.45. The van der Waals surface area contributed by atoms with Crippen molar-refractivity contribution < 1.29 is 14.3 Å². The Labute approximate surface area is 150 Å². The highest BCUT2D eigenvalue weighted by molar-refractivity contribution is 5.78. The Balaban J connectivity index is 1.48. The van der Waals surface area contributed by atoms with E-state index >= 15 is 0 Å². The largest absolute Gasteiger partial charge is 0.497 e. The molecule has 138 valence electrons. The minimum Gasteiger partial charge on any atom is -0.497 e. The van der Waals surface area contributed by atoms with Gasteiger partial charge in [0, 0.05) is 45.0 Å². The van der Waals surface area contributed by atoms with Gasteiger partial charge < -0.3 is 19.3 Å². The van der Waals surface area contributed by atoms with E-state index in [1.54, 1.807) is 7.11 Å². The molecule has 0 radical (unpaired) electrons. The second-order valence-electron chi connectivity index (χ2n) is 7.02. The number of amides is 1. The maximum Gasteiger partial charge on any atom is 0.236 e. The van der Waals surface area contributed by atoms with Gasteiger partial charge in [-0.1, -0.05) is 0 Å². The van der Waals surface area contributed by atoms with Gasteiger partial charge in [0.25, 0.3) is 0 Å². The van der Waals surface area contributed by atoms with Crippen LogP contribution in [0.15, 0.2) is 24.3 Å². The number of morpholine rings is 1. The van der Waals surface area contributed by atoms with E-state index in [4.69, 9.17) is 9.47 Å². The first-order chi connectivity index (χ1) is 12.0. The van der Waals surface area contributed by atoms with Crippen LogP contribution < -0.4 is 9.64 Å². The number of methoxy groups -OCH3 is 1. The smallest absolute Gasteiger partial charge is 0.236 e. The van der Waals surface area contributed by atoms with Crippen molar-refractivity contribution in [3.63, 3.8) is 0 Å². The van der Waals surface area contributed by atoms with Gasteiger partial charge in [0.05, 0.1) is 25.9 Å². The first-order valence-corrected chi connectivity index (χ1v) is 9.09. The van der Waals surface area contributed by atoms with E-state index in [9.17, 15) is 4.79 Å². The van der Waals surface area contributed by atoms with Crippen molar-refractivity contribution >= 4 is 11.6 Å². The van der Waals surface area contributed by atoms with Crippen molar-refractivity contribution in [3.8, 4) is 5.75 Å². The molecule has 2 saturated heterocycles. The summed E-state index contributed by atoms with van der Waals surface area (Å²) in [6.07, 6.45) is 0.249. The van der Waals surface area contributed by atoms with Crippen molar-refractivity contribution in [3.05, 3.63) is 24.3 Å². The van der Waals surface area contributed by atoms with Crippen LogP contribution in [-0.4, -0.2) is 80.8 Å². The number of hydrogen-bond acceptors (Lipinski definition) is 5. The molecule has 6 heteroatoms. The number of carbonyl (C=O) groups excluding carboxylic acids is 1. The average molecular weight is 347 g/mol. The molecule has 1 aromatic rings. The van der Waals surface area contributed by atoms with E-state index in [0.717, 1.165) is 31.9 Å². The van der Waals surface area contributed by atoms with Crippen LogP contribution in [0.2, 0.25) is 0 Å². The normalized spacial score (nSPS) is 25.1. The third kappa shape index (κ3) is 4.64. The molecule has 2 heterocycles. The van der Waals surface area contributed by atoms with Crippen LogP contribution in [0.3, 0.4) is 0 Å². The van der Waals surface area contributed by atoms with E-state index < -0.39 is 0 Å². The summed E-state index contributed by atoms with van der Waals surface area (Å²) in [5, 5.41) is 0. The minimum atomic E-state index is 0.125. The monoisotopic (exact) mass is 347 g/mol. The van der Waals surface area contributed by atoms with Crippen LogP contribution in [0, 0.1) is 0 Å². The predicted molar refractivity (Wildman–Crippen MR) is 98.2 cm³/mol. The molecule has 0 unspecified atom stereocenters. The van der Waals surface area contributed by atoms with Gasteiger partial charge in [0.15, 0.2) is 0 Å². The number of nitrogens with zero attached hydrogens (tertiary/aromatic N) is 3. The summed E-state index contributed by atoms with van der Waals surface area (Å²) < 4.78 is 10.9. The number of hydrogen-bond donors (Lipinski definition) is 0. The number of piperazine rings is 1. The third-order valence-electron chi connectivity index (χ3n) is 4.94. The molecule has 0 saturated carbocycles. The van der Waals surface area contributed by atoms with Crippen molar-refractivity contribution in [2.45, 2.75) is 26.1 Å². The van der Waals surface area contributed by atoms with Gasteiger partial charge in [-0.2, -0.15) is 0 Å². The van der Waals surface area contributed by atoms with Crippen molar-refractivity contribution in [2.75, 3.05) is 57.8 Å². The zero-order valence-corrected chi connectivity index (χ0v) is 15.5. The molecule has 2 atom stereocenters.